The number of nitriles is 2. The summed E-state index contributed by atoms with van der Waals surface area (Å²) in [4.78, 5) is 13.6. The average molecular weight is 1140 g/mol. The van der Waals surface area contributed by atoms with Crippen LogP contribution < -0.4 is 0 Å². The van der Waals surface area contributed by atoms with Gasteiger partial charge in [0.05, 0.1) is 18.7 Å². The van der Waals surface area contributed by atoms with Gasteiger partial charge in [-0.15, -0.1) is 59.2 Å². The van der Waals surface area contributed by atoms with Gasteiger partial charge in [-0.05, 0) is 122 Å². The van der Waals surface area contributed by atoms with Crippen molar-refractivity contribution in [3.8, 4) is 73.7 Å². The van der Waals surface area contributed by atoms with Gasteiger partial charge in [-0.25, -0.2) is 0 Å². The van der Waals surface area contributed by atoms with Crippen LogP contribution in [0, 0.1) is 47.4 Å². The summed E-state index contributed by atoms with van der Waals surface area (Å²) in [5.74, 6) is 0.163. The summed E-state index contributed by atoms with van der Waals surface area (Å²) < 4.78 is 1.72. The normalized spacial score (nSPS) is 15.5. The fraction of sp³-hybridized carbons (Fsp3) is 0.212. The molecule has 1 aliphatic rings. The molecule has 3 heterocycles. The molecule has 0 radical (unpaired) electrons. The molecule has 3 unspecified atom stereocenters. The van der Waals surface area contributed by atoms with E-state index in [-0.39, 0.29) is 48.7 Å². The topological polar surface area (TPSA) is 95.5 Å². The van der Waals surface area contributed by atoms with Crippen molar-refractivity contribution in [2.45, 2.75) is 89.4 Å². The van der Waals surface area contributed by atoms with Crippen molar-refractivity contribution >= 4 is 5.69 Å². The number of benzene rings is 6. The van der Waals surface area contributed by atoms with Crippen molar-refractivity contribution < 1.29 is 20.1 Å². The Morgan fingerprint density at radius 2 is 0.986 bits per heavy atom. The molecule has 0 N–H and O–H groups in total. The minimum atomic E-state index is -0.0632. The number of hydrogen-bond donors (Lipinski definition) is 0. The smallest absolute Gasteiger partial charge is 0.305 e. The monoisotopic (exact) mass is 1140 g/mol. The van der Waals surface area contributed by atoms with E-state index < -0.39 is 0 Å². The first-order chi connectivity index (χ1) is 35.3. The van der Waals surface area contributed by atoms with Crippen molar-refractivity contribution in [2.75, 3.05) is 0 Å². The van der Waals surface area contributed by atoms with Crippen LogP contribution in [0.3, 0.4) is 0 Å². The second-order valence-electron chi connectivity index (χ2n) is 21.2. The molecule has 0 bridgehead atoms. The van der Waals surface area contributed by atoms with Gasteiger partial charge in [-0.1, -0.05) is 154 Å². The number of nitrogens with zero attached hydrogens (tertiary/aromatic N) is 7. The Kier molecular flexibility index (Phi) is 14.6. The zero-order chi connectivity index (χ0) is 50.9. The Balaban J connectivity index is 0.00000672. The van der Waals surface area contributed by atoms with E-state index in [1.165, 1.54) is 11.1 Å². The fourth-order valence-electron chi connectivity index (χ4n) is 10.7. The van der Waals surface area contributed by atoms with Gasteiger partial charge < -0.3 is 9.97 Å². The van der Waals surface area contributed by atoms with Crippen molar-refractivity contribution in [1.82, 2.24) is 19.7 Å². The summed E-state index contributed by atoms with van der Waals surface area (Å²) in [6, 6.07) is 62.8. The molecular weight excluding hydrogens is 1080 g/mol. The maximum atomic E-state index is 10.8. The molecule has 74 heavy (non-hydrogen) atoms. The fourth-order valence-corrected chi connectivity index (χ4v) is 10.7. The van der Waals surface area contributed by atoms with Crippen LogP contribution in [0.2, 0.25) is 0 Å². The summed E-state index contributed by atoms with van der Waals surface area (Å²) in [6.45, 7) is 21.6. The zero-order valence-corrected chi connectivity index (χ0v) is 44.8. The number of hydrogen-bond acceptors (Lipinski definition) is 5. The summed E-state index contributed by atoms with van der Waals surface area (Å²) in [7, 11) is 0. The molecule has 0 amide bonds. The van der Waals surface area contributed by atoms with E-state index in [1.54, 1.807) is 10.9 Å². The summed E-state index contributed by atoms with van der Waals surface area (Å²) in [5.41, 5.74) is 16.7. The Bertz CT molecular complexity index is 3480. The molecule has 3 aromatic heterocycles. The maximum Gasteiger partial charge on any atom is 3.00 e. The van der Waals surface area contributed by atoms with Crippen LogP contribution in [-0.2, 0) is 30.9 Å². The first-order valence-corrected chi connectivity index (χ1v) is 24.9. The summed E-state index contributed by atoms with van der Waals surface area (Å²) >= 11 is 0. The standard InChI is InChI=1S/C66H54N7.Ir/c1-65(2,3)50-27-30-70-62(39-50)43-21-24-56(48(33-43)41-67)58-18-11-8-15-53(58)45-34-46(54-16-9-12-19-59(54)57-26-23-52(37-49(57)42-68)73-32-14-29-72-73)36-47(35-45)55-17-10-13-20-60(55)61-25-22-44(38-64(61)69-7)63-40-51(28-31-71-63)66(4,5)6;/h8-20,24-33,37-40,45-47H,34-36H2,1-6H3;/q-3;+3. The third-order valence-corrected chi connectivity index (χ3v) is 14.5. The minimum Gasteiger partial charge on any atom is -0.305 e. The molecule has 7 nitrogen and oxygen atoms in total. The number of aromatic nitrogens is 4. The predicted octanol–water partition coefficient (Wildman–Crippen LogP) is 16.1. The first kappa shape index (κ1) is 50.9. The molecule has 362 valence electrons. The van der Waals surface area contributed by atoms with Crippen molar-refractivity contribution in [2.24, 2.45) is 0 Å². The van der Waals surface area contributed by atoms with Gasteiger partial charge in [0.2, 0.25) is 0 Å². The van der Waals surface area contributed by atoms with Crippen LogP contribution in [0.25, 0.3) is 66.4 Å². The third kappa shape index (κ3) is 10.3. The molecule has 3 atom stereocenters. The minimum absolute atomic E-state index is 0. The van der Waals surface area contributed by atoms with Crippen LogP contribution in [0.1, 0.15) is 118 Å². The zero-order valence-electron chi connectivity index (χ0n) is 42.4. The molecule has 6 aromatic carbocycles. The van der Waals surface area contributed by atoms with E-state index in [9.17, 15) is 10.5 Å². The quantitative estimate of drug-likeness (QED) is 0.134. The van der Waals surface area contributed by atoms with Crippen LogP contribution in [0.5, 0.6) is 0 Å². The molecule has 9 aromatic rings. The molecular formula is C66H54IrN7. The van der Waals surface area contributed by atoms with Crippen LogP contribution in [0.15, 0.2) is 164 Å². The predicted molar refractivity (Wildman–Crippen MR) is 291 cm³/mol. The molecule has 0 spiro atoms. The Labute approximate surface area is 449 Å². The molecule has 1 aliphatic carbocycles. The van der Waals surface area contributed by atoms with E-state index in [2.05, 4.69) is 161 Å². The van der Waals surface area contributed by atoms with Crippen LogP contribution >= 0.6 is 0 Å². The molecule has 1 fully saturated rings. The Hall–Kier alpha value is -8.05. The summed E-state index contributed by atoms with van der Waals surface area (Å²) in [5, 5.41) is 25.9. The van der Waals surface area contributed by atoms with E-state index in [0.29, 0.717) is 22.5 Å². The van der Waals surface area contributed by atoms with E-state index >= 15 is 0 Å². The van der Waals surface area contributed by atoms with Crippen molar-refractivity contribution in [3.05, 3.63) is 233 Å². The van der Waals surface area contributed by atoms with Crippen molar-refractivity contribution in [1.29, 1.82) is 10.5 Å². The first-order valence-electron chi connectivity index (χ1n) is 24.9. The van der Waals surface area contributed by atoms with Gasteiger partial charge in [0, 0.05) is 24.8 Å². The van der Waals surface area contributed by atoms with Gasteiger partial charge in [0.15, 0.2) is 0 Å². The third-order valence-electron chi connectivity index (χ3n) is 14.5. The van der Waals surface area contributed by atoms with Gasteiger partial charge in [-0.2, -0.15) is 27.8 Å². The second-order valence-corrected chi connectivity index (χ2v) is 21.2. The van der Waals surface area contributed by atoms with E-state index in [1.807, 2.05) is 79.3 Å². The van der Waals surface area contributed by atoms with Gasteiger partial charge in [-0.3, -0.25) is 9.53 Å². The van der Waals surface area contributed by atoms with E-state index in [0.717, 1.165) is 91.8 Å². The number of rotatable bonds is 9. The van der Waals surface area contributed by atoms with Crippen LogP contribution in [0.4, 0.5) is 5.69 Å². The van der Waals surface area contributed by atoms with Crippen molar-refractivity contribution in [3.63, 3.8) is 0 Å². The number of pyridine rings is 2. The van der Waals surface area contributed by atoms with Crippen LogP contribution in [-0.4, -0.2) is 19.7 Å². The van der Waals surface area contributed by atoms with E-state index in [4.69, 9.17) is 16.5 Å². The molecule has 0 aliphatic heterocycles. The molecule has 8 heteroatoms. The molecule has 1 saturated carbocycles. The largest absolute Gasteiger partial charge is 3.00 e. The average Bonchev–Trinajstić information content (AvgIpc) is 3.98. The summed E-state index contributed by atoms with van der Waals surface area (Å²) in [6.07, 6.45) is 9.72. The Morgan fingerprint density at radius 3 is 1.45 bits per heavy atom. The molecule has 0 saturated heterocycles. The van der Waals surface area contributed by atoms with Gasteiger partial charge in [0.1, 0.15) is 5.69 Å². The maximum absolute atomic E-state index is 10.8. The second kappa shape index (κ2) is 21.2. The molecule has 10 rings (SSSR count). The van der Waals surface area contributed by atoms with Gasteiger partial charge in [0.25, 0.3) is 0 Å². The Morgan fingerprint density at radius 1 is 0.541 bits per heavy atom. The van der Waals surface area contributed by atoms with Gasteiger partial charge >= 0.3 is 20.1 Å². The SMILES string of the molecule is [C-]#[N+]c1cc(-c2cc(C(C)(C)C)ccn2)[c-]cc1-c1ccccc1C1CC(c2ccccc2-c2c[c-]c(-c3cc(C(C)(C)C)ccn3)cc2C#N)CC(c2ccccc2-c2c[c-]c(-n3cccn3)cc2C#N)C1.[Ir+3].